The highest BCUT2D eigenvalue weighted by molar-refractivity contribution is 5.98. The summed E-state index contributed by atoms with van der Waals surface area (Å²) >= 11 is 0. The number of nitrogens with one attached hydrogen (secondary N) is 1. The van der Waals surface area contributed by atoms with E-state index in [2.05, 4.69) is 10.2 Å². The third kappa shape index (κ3) is 4.86. The third-order valence-corrected chi connectivity index (χ3v) is 5.51. The number of carbonyl (C=O) groups excluding carboxylic acids is 2. The minimum atomic E-state index is -4.43. The summed E-state index contributed by atoms with van der Waals surface area (Å²) in [7, 11) is 0. The molecule has 1 atom stereocenters. The maximum atomic E-state index is 12.7. The van der Waals surface area contributed by atoms with Crippen LogP contribution in [0.25, 0.3) is 0 Å². The molecule has 1 fully saturated rings. The molecule has 1 aromatic carbocycles. The number of piperidine rings is 1. The van der Waals surface area contributed by atoms with Crippen LogP contribution in [0.1, 0.15) is 52.1 Å². The van der Waals surface area contributed by atoms with E-state index < -0.39 is 11.7 Å². The van der Waals surface area contributed by atoms with Crippen molar-refractivity contribution in [2.24, 2.45) is 5.92 Å². The molecular weight excluding hydrogens is 383 g/mol. The maximum Gasteiger partial charge on any atom is 0.416 e. The van der Waals surface area contributed by atoms with Crippen LogP contribution in [0.15, 0.2) is 24.3 Å². The summed E-state index contributed by atoms with van der Waals surface area (Å²) in [6.45, 7) is 4.71. The Morgan fingerprint density at radius 1 is 1.21 bits per heavy atom. The minimum absolute atomic E-state index is 0.0186. The molecule has 5 nitrogen and oxygen atoms in total. The van der Waals surface area contributed by atoms with Crippen LogP contribution in [-0.2, 0) is 17.4 Å². The number of hydrogen-bond acceptors (Lipinski definition) is 3. The van der Waals surface area contributed by atoms with Crippen molar-refractivity contribution in [1.29, 1.82) is 0 Å². The van der Waals surface area contributed by atoms with Gasteiger partial charge in [0.05, 0.1) is 11.3 Å². The number of Topliss-reactive ketones (excluding diaryl/α,β-unsaturated/α-hetero) is 1. The van der Waals surface area contributed by atoms with E-state index in [0.29, 0.717) is 38.8 Å². The van der Waals surface area contributed by atoms with E-state index in [-0.39, 0.29) is 23.2 Å². The van der Waals surface area contributed by atoms with Gasteiger partial charge in [-0.25, -0.2) is 0 Å². The number of halogens is 3. The Bertz CT molecular complexity index is 868. The molecule has 8 heteroatoms. The van der Waals surface area contributed by atoms with Gasteiger partial charge >= 0.3 is 6.18 Å². The van der Waals surface area contributed by atoms with Gasteiger partial charge in [0.1, 0.15) is 0 Å². The highest BCUT2D eigenvalue weighted by Gasteiger charge is 2.32. The first kappa shape index (κ1) is 21.1. The molecule has 1 aliphatic heterocycles. The molecule has 1 saturated heterocycles. The predicted molar refractivity (Wildman–Crippen MR) is 101 cm³/mol. The van der Waals surface area contributed by atoms with Crippen LogP contribution in [0.5, 0.6) is 0 Å². The van der Waals surface area contributed by atoms with E-state index in [0.717, 1.165) is 29.1 Å². The number of aromatic nitrogens is 2. The fourth-order valence-electron chi connectivity index (χ4n) is 3.81. The average Bonchev–Trinajstić information content (AvgIpc) is 3.02. The van der Waals surface area contributed by atoms with Gasteiger partial charge in [0.2, 0.25) is 5.91 Å². The molecule has 1 aliphatic rings. The molecule has 2 heterocycles. The second kappa shape index (κ2) is 8.39. The summed E-state index contributed by atoms with van der Waals surface area (Å²) in [5, 5.41) is 7.04. The quantitative estimate of drug-likeness (QED) is 0.759. The van der Waals surface area contributed by atoms with Crippen molar-refractivity contribution in [1.82, 2.24) is 15.1 Å². The van der Waals surface area contributed by atoms with E-state index in [1.54, 1.807) is 4.90 Å². The number of hydrogen-bond donors (Lipinski definition) is 1. The Morgan fingerprint density at radius 3 is 2.48 bits per heavy atom. The number of carbonyl (C=O) groups is 2. The first-order valence-corrected chi connectivity index (χ1v) is 9.66. The largest absolute Gasteiger partial charge is 0.416 e. The fourth-order valence-corrected chi connectivity index (χ4v) is 3.81. The van der Waals surface area contributed by atoms with Gasteiger partial charge in [0.15, 0.2) is 5.78 Å². The zero-order valence-electron chi connectivity index (χ0n) is 16.5. The summed E-state index contributed by atoms with van der Waals surface area (Å²) < 4.78 is 38.1. The van der Waals surface area contributed by atoms with Crippen LogP contribution in [-0.4, -0.2) is 39.9 Å². The molecule has 2 aromatic rings. The number of ketones is 1. The van der Waals surface area contributed by atoms with Crippen LogP contribution < -0.4 is 0 Å². The highest BCUT2D eigenvalue weighted by Crippen LogP contribution is 2.30. The molecule has 0 saturated carbocycles. The Labute approximate surface area is 167 Å². The number of amides is 1. The lowest BCUT2D eigenvalue weighted by Gasteiger charge is -2.32. The third-order valence-electron chi connectivity index (χ3n) is 5.51. The smallest absolute Gasteiger partial charge is 0.342 e. The first-order chi connectivity index (χ1) is 13.7. The number of aromatic amines is 1. The summed E-state index contributed by atoms with van der Waals surface area (Å²) in [6.07, 6.45) is -2.18. The molecular formula is C21H24F3N3O2. The van der Waals surface area contributed by atoms with Crippen molar-refractivity contribution in [3.05, 3.63) is 52.3 Å². The lowest BCUT2D eigenvalue weighted by molar-refractivity contribution is -0.137. The van der Waals surface area contributed by atoms with Gasteiger partial charge in [-0.15, -0.1) is 0 Å². The normalized spacial score (nSPS) is 17.4. The summed E-state index contributed by atoms with van der Waals surface area (Å²) in [4.78, 5) is 27.1. The van der Waals surface area contributed by atoms with Crippen LogP contribution >= 0.6 is 0 Å². The Hall–Kier alpha value is -2.64. The van der Waals surface area contributed by atoms with Crippen molar-refractivity contribution >= 4 is 11.7 Å². The lowest BCUT2D eigenvalue weighted by Crippen LogP contribution is -2.42. The monoisotopic (exact) mass is 407 g/mol. The van der Waals surface area contributed by atoms with E-state index in [1.165, 1.54) is 12.1 Å². The number of benzene rings is 1. The van der Waals surface area contributed by atoms with Gasteiger partial charge in [0.25, 0.3) is 0 Å². The summed E-state index contributed by atoms with van der Waals surface area (Å²) in [5.41, 5.74) is 2.34. The van der Waals surface area contributed by atoms with E-state index in [1.807, 2.05) is 13.8 Å². The average molecular weight is 407 g/mol. The van der Waals surface area contributed by atoms with Gasteiger partial charge in [-0.1, -0.05) is 12.1 Å². The van der Waals surface area contributed by atoms with E-state index in [9.17, 15) is 22.8 Å². The van der Waals surface area contributed by atoms with Crippen LogP contribution in [0, 0.1) is 19.8 Å². The lowest BCUT2D eigenvalue weighted by atomic mass is 9.89. The number of aryl methyl sites for hydroxylation is 2. The summed E-state index contributed by atoms with van der Waals surface area (Å²) in [6, 6.07) is 4.29. The molecule has 3 rings (SSSR count). The number of likely N-dealkylation sites (tertiary alicyclic amines) is 1. The summed E-state index contributed by atoms with van der Waals surface area (Å²) in [5.74, 6) is -0.616. The Kier molecular flexibility index (Phi) is 6.10. The fraction of sp³-hybridized carbons (Fsp3) is 0.476. The molecule has 29 heavy (non-hydrogen) atoms. The second-order valence-electron chi connectivity index (χ2n) is 7.53. The number of nitrogens with zero attached hydrogens (tertiary/aromatic N) is 2. The molecule has 0 spiro atoms. The van der Waals surface area contributed by atoms with Crippen molar-refractivity contribution in [2.75, 3.05) is 13.1 Å². The highest BCUT2D eigenvalue weighted by atomic mass is 19.4. The Morgan fingerprint density at radius 2 is 1.90 bits per heavy atom. The number of rotatable bonds is 5. The zero-order chi connectivity index (χ0) is 21.2. The molecule has 0 aliphatic carbocycles. The van der Waals surface area contributed by atoms with Gasteiger partial charge in [-0.2, -0.15) is 18.3 Å². The molecule has 1 unspecified atom stereocenters. The Balaban J connectivity index is 1.61. The minimum Gasteiger partial charge on any atom is -0.342 e. The predicted octanol–water partition coefficient (Wildman–Crippen LogP) is 4.10. The van der Waals surface area contributed by atoms with E-state index in [4.69, 9.17) is 0 Å². The molecule has 1 aromatic heterocycles. The standard InChI is InChI=1S/C21H24F3N3O2/c1-13-18(14(2)26-25-13)9-10-19(28)27-11-3-4-16(12-27)20(29)15-5-7-17(8-6-15)21(22,23)24/h5-8,16H,3-4,9-12H2,1-2H3,(H,25,26). The molecule has 1 amide bonds. The topological polar surface area (TPSA) is 66.1 Å². The molecule has 0 bridgehead atoms. The number of alkyl halides is 3. The molecule has 0 radical (unpaired) electrons. The number of H-pyrrole nitrogens is 1. The van der Waals surface area contributed by atoms with Crippen molar-refractivity contribution in [3.8, 4) is 0 Å². The van der Waals surface area contributed by atoms with Gasteiger partial charge in [-0.3, -0.25) is 14.7 Å². The van der Waals surface area contributed by atoms with Gasteiger partial charge in [0, 0.05) is 36.7 Å². The SMILES string of the molecule is Cc1n[nH]c(C)c1CCC(=O)N1CCCC(C(=O)c2ccc(C(F)(F)F)cc2)C1. The second-order valence-corrected chi connectivity index (χ2v) is 7.53. The van der Waals surface area contributed by atoms with Crippen LogP contribution in [0.3, 0.4) is 0 Å². The van der Waals surface area contributed by atoms with Gasteiger partial charge in [-0.05, 0) is 50.8 Å². The zero-order valence-corrected chi connectivity index (χ0v) is 16.5. The van der Waals surface area contributed by atoms with Crippen molar-refractivity contribution < 1.29 is 22.8 Å². The molecule has 1 N–H and O–H groups in total. The van der Waals surface area contributed by atoms with Gasteiger partial charge < -0.3 is 4.90 Å². The van der Waals surface area contributed by atoms with Crippen molar-refractivity contribution in [3.63, 3.8) is 0 Å². The van der Waals surface area contributed by atoms with Crippen LogP contribution in [0.2, 0.25) is 0 Å². The van der Waals surface area contributed by atoms with Crippen molar-refractivity contribution in [2.45, 2.75) is 45.7 Å². The van der Waals surface area contributed by atoms with Crippen LogP contribution in [0.4, 0.5) is 13.2 Å². The molecule has 156 valence electrons. The van der Waals surface area contributed by atoms with E-state index >= 15 is 0 Å². The first-order valence-electron chi connectivity index (χ1n) is 9.66. The maximum absolute atomic E-state index is 12.7.